The van der Waals surface area contributed by atoms with Gasteiger partial charge >= 0.3 is 0 Å². The van der Waals surface area contributed by atoms with E-state index in [1.165, 1.54) is 38.5 Å². The van der Waals surface area contributed by atoms with E-state index in [1.807, 2.05) is 0 Å². The lowest BCUT2D eigenvalue weighted by Crippen LogP contribution is -2.32. The fraction of sp³-hybridized carbons (Fsp3) is 1.00. The summed E-state index contributed by atoms with van der Waals surface area (Å²) in [6.45, 7) is 0. The van der Waals surface area contributed by atoms with Crippen molar-refractivity contribution in [1.29, 1.82) is 0 Å². The lowest BCUT2D eigenvalue weighted by molar-refractivity contribution is 0.488. The second-order valence-electron chi connectivity index (χ2n) is 6.62. The van der Waals surface area contributed by atoms with Crippen molar-refractivity contribution in [2.24, 2.45) is 23.7 Å². The van der Waals surface area contributed by atoms with Gasteiger partial charge in [-0.25, -0.2) is 0 Å². The van der Waals surface area contributed by atoms with Crippen LogP contribution >= 0.6 is 43.6 Å². The predicted octanol–water partition coefficient (Wildman–Crippen LogP) is 4.84. The van der Waals surface area contributed by atoms with Crippen LogP contribution in [0.1, 0.15) is 38.5 Å². The maximum absolute atomic E-state index is 4.01. The van der Waals surface area contributed by atoms with Crippen molar-refractivity contribution in [3.8, 4) is 0 Å². The molecule has 0 aromatic rings. The standard InChI is InChI=1S/C14H20Br2S/c15-11-7-1-3-9(5-7)13(11)17-14-10-4-2-8(6-10)12(14)16/h7-14H,1-6H2/t7-,8+,9+,10-,11+,12-,13-,14+. The van der Waals surface area contributed by atoms with E-state index >= 15 is 0 Å². The molecule has 4 aliphatic rings. The van der Waals surface area contributed by atoms with Crippen molar-refractivity contribution in [2.75, 3.05) is 0 Å². The number of alkyl halides is 2. The summed E-state index contributed by atoms with van der Waals surface area (Å²) < 4.78 is 0. The van der Waals surface area contributed by atoms with Gasteiger partial charge < -0.3 is 0 Å². The lowest BCUT2D eigenvalue weighted by Gasteiger charge is -2.34. The minimum atomic E-state index is 0.824. The third-order valence-corrected chi connectivity index (χ3v) is 11.1. The molecule has 0 aliphatic heterocycles. The molecule has 0 unspecified atom stereocenters. The van der Waals surface area contributed by atoms with Crippen LogP contribution in [0.15, 0.2) is 0 Å². The monoisotopic (exact) mass is 378 g/mol. The van der Waals surface area contributed by atoms with Gasteiger partial charge in [-0.1, -0.05) is 31.9 Å². The zero-order chi connectivity index (χ0) is 11.6. The summed E-state index contributed by atoms with van der Waals surface area (Å²) in [5.74, 6) is 4.08. The van der Waals surface area contributed by atoms with Crippen molar-refractivity contribution in [1.82, 2.24) is 0 Å². The van der Waals surface area contributed by atoms with E-state index in [2.05, 4.69) is 43.6 Å². The molecule has 0 saturated heterocycles. The SMILES string of the molecule is Br[C@@H]1[C@H]2CC[C@H](C2)[C@@H]1S[C@@H]1[C@H]2CC[C@H](C2)[C@@H]1Br. The molecule has 3 heteroatoms. The lowest BCUT2D eigenvalue weighted by atomic mass is 9.99. The Kier molecular flexibility index (Phi) is 3.13. The number of thioether (sulfide) groups is 1. The molecule has 4 aliphatic carbocycles. The second kappa shape index (κ2) is 4.41. The smallest absolute Gasteiger partial charge is 0.0295 e. The number of halogens is 2. The van der Waals surface area contributed by atoms with Gasteiger partial charge in [-0.15, -0.1) is 0 Å². The Labute approximate surface area is 125 Å². The van der Waals surface area contributed by atoms with Crippen LogP contribution in [0.4, 0.5) is 0 Å². The van der Waals surface area contributed by atoms with Crippen LogP contribution in [0.2, 0.25) is 0 Å². The first-order valence-electron chi connectivity index (χ1n) is 7.17. The van der Waals surface area contributed by atoms with E-state index in [1.54, 1.807) is 0 Å². The molecule has 0 heterocycles. The first kappa shape index (κ1) is 12.1. The van der Waals surface area contributed by atoms with Gasteiger partial charge in [0.15, 0.2) is 0 Å². The molecule has 96 valence electrons. The van der Waals surface area contributed by atoms with Crippen LogP contribution in [0.25, 0.3) is 0 Å². The molecule has 0 nitrogen and oxygen atoms in total. The van der Waals surface area contributed by atoms with Gasteiger partial charge in [0.2, 0.25) is 0 Å². The van der Waals surface area contributed by atoms with Gasteiger partial charge in [-0.05, 0) is 62.2 Å². The largest absolute Gasteiger partial charge is 0.152 e. The molecule has 0 N–H and O–H groups in total. The summed E-state index contributed by atoms with van der Waals surface area (Å²) in [5.41, 5.74) is 0. The van der Waals surface area contributed by atoms with E-state index in [9.17, 15) is 0 Å². The zero-order valence-corrected chi connectivity index (χ0v) is 14.0. The molecule has 0 aromatic carbocycles. The Bertz CT molecular complexity index is 287. The number of fused-ring (bicyclic) bond motifs is 4. The molecule has 0 radical (unpaired) electrons. The van der Waals surface area contributed by atoms with Gasteiger partial charge in [0.05, 0.1) is 0 Å². The van der Waals surface area contributed by atoms with E-state index in [0.717, 1.165) is 43.8 Å². The van der Waals surface area contributed by atoms with Crippen molar-refractivity contribution >= 4 is 43.6 Å². The minimum absolute atomic E-state index is 0.824. The molecule has 0 amide bonds. The molecule has 0 spiro atoms. The summed E-state index contributed by atoms with van der Waals surface area (Å²) in [4.78, 5) is 1.65. The minimum Gasteiger partial charge on any atom is -0.152 e. The number of hydrogen-bond acceptors (Lipinski definition) is 1. The fourth-order valence-corrected chi connectivity index (χ4v) is 9.51. The average Bonchev–Trinajstić information content (AvgIpc) is 3.05. The molecule has 17 heavy (non-hydrogen) atoms. The molecule has 8 atom stereocenters. The molecule has 4 fully saturated rings. The van der Waals surface area contributed by atoms with Gasteiger partial charge in [0, 0.05) is 20.2 Å². The highest BCUT2D eigenvalue weighted by molar-refractivity contribution is 9.10. The first-order chi connectivity index (χ1) is 8.24. The molecule has 0 aromatic heterocycles. The highest BCUT2D eigenvalue weighted by Gasteiger charge is 2.52. The van der Waals surface area contributed by atoms with E-state index in [0.29, 0.717) is 0 Å². The highest BCUT2D eigenvalue weighted by Crippen LogP contribution is 2.59. The molecular weight excluding hydrogens is 360 g/mol. The van der Waals surface area contributed by atoms with Crippen LogP contribution < -0.4 is 0 Å². The summed E-state index contributed by atoms with van der Waals surface area (Å²) in [6, 6.07) is 0. The van der Waals surface area contributed by atoms with Crippen molar-refractivity contribution in [3.63, 3.8) is 0 Å². The average molecular weight is 380 g/mol. The fourth-order valence-electron chi connectivity index (χ4n) is 4.89. The normalized spacial score (nSPS) is 60.4. The van der Waals surface area contributed by atoms with E-state index in [4.69, 9.17) is 0 Å². The van der Waals surface area contributed by atoms with Crippen LogP contribution in [-0.2, 0) is 0 Å². The maximum atomic E-state index is 4.01. The Morgan fingerprint density at radius 3 is 1.41 bits per heavy atom. The molecule has 4 bridgehead atoms. The predicted molar refractivity (Wildman–Crippen MR) is 82.3 cm³/mol. The van der Waals surface area contributed by atoms with Crippen molar-refractivity contribution in [2.45, 2.75) is 58.7 Å². The van der Waals surface area contributed by atoms with Gasteiger partial charge in [0.25, 0.3) is 0 Å². The maximum Gasteiger partial charge on any atom is 0.0295 e. The van der Waals surface area contributed by atoms with Crippen molar-refractivity contribution < 1.29 is 0 Å². The molecule has 4 rings (SSSR count). The topological polar surface area (TPSA) is 0 Å². The zero-order valence-electron chi connectivity index (χ0n) is 10.0. The highest BCUT2D eigenvalue weighted by atomic mass is 79.9. The Morgan fingerprint density at radius 1 is 0.647 bits per heavy atom. The number of rotatable bonds is 2. The Morgan fingerprint density at radius 2 is 1.06 bits per heavy atom. The quantitative estimate of drug-likeness (QED) is 0.618. The van der Waals surface area contributed by atoms with E-state index in [-0.39, 0.29) is 0 Å². The van der Waals surface area contributed by atoms with E-state index < -0.39 is 0 Å². The molecule has 4 saturated carbocycles. The Balaban J connectivity index is 1.47. The number of hydrogen-bond donors (Lipinski definition) is 0. The summed E-state index contributed by atoms with van der Waals surface area (Å²) >= 11 is 10.4. The summed E-state index contributed by atoms with van der Waals surface area (Å²) in [5, 5.41) is 1.86. The van der Waals surface area contributed by atoms with Crippen LogP contribution in [-0.4, -0.2) is 20.2 Å². The van der Waals surface area contributed by atoms with Gasteiger partial charge in [-0.2, -0.15) is 11.8 Å². The first-order valence-corrected chi connectivity index (χ1v) is 9.95. The third kappa shape index (κ3) is 1.81. The van der Waals surface area contributed by atoms with Gasteiger partial charge in [0.1, 0.15) is 0 Å². The van der Waals surface area contributed by atoms with Crippen LogP contribution in [0.5, 0.6) is 0 Å². The summed E-state index contributed by atoms with van der Waals surface area (Å²) in [7, 11) is 0. The van der Waals surface area contributed by atoms with Gasteiger partial charge in [-0.3, -0.25) is 0 Å². The molecular formula is C14H20Br2S. The second-order valence-corrected chi connectivity index (χ2v) is 10.1. The van der Waals surface area contributed by atoms with Crippen molar-refractivity contribution in [3.05, 3.63) is 0 Å². The summed E-state index contributed by atoms with van der Waals surface area (Å²) in [6.07, 6.45) is 9.04. The Hall–Kier alpha value is 1.31. The third-order valence-electron chi connectivity index (χ3n) is 5.80. The van der Waals surface area contributed by atoms with Crippen LogP contribution in [0.3, 0.4) is 0 Å². The van der Waals surface area contributed by atoms with Crippen LogP contribution in [0, 0.1) is 23.7 Å².